The topological polar surface area (TPSA) is 67.2 Å². The maximum atomic E-state index is 12.8. The van der Waals surface area contributed by atoms with Crippen LogP contribution in [0.3, 0.4) is 0 Å². The Morgan fingerprint density at radius 2 is 1.88 bits per heavy atom. The first-order chi connectivity index (χ1) is 16.5. The van der Waals surface area contributed by atoms with Crippen molar-refractivity contribution in [3.8, 4) is 16.3 Å². The Morgan fingerprint density at radius 1 is 1.06 bits per heavy atom. The molecule has 0 spiro atoms. The van der Waals surface area contributed by atoms with Gasteiger partial charge in [0.2, 0.25) is 11.8 Å². The van der Waals surface area contributed by atoms with Crippen molar-refractivity contribution in [3.63, 3.8) is 0 Å². The van der Waals surface area contributed by atoms with Gasteiger partial charge in [-0.2, -0.15) is 5.10 Å². The molecule has 0 fully saturated rings. The molecule has 2 aromatic carbocycles. The molecule has 1 N–H and O–H groups in total. The molecule has 6 nitrogen and oxygen atoms in total. The first-order valence-electron chi connectivity index (χ1n) is 10.9. The highest BCUT2D eigenvalue weighted by Gasteiger charge is 2.18. The molecule has 0 bridgehead atoms. The third kappa shape index (κ3) is 6.15. The van der Waals surface area contributed by atoms with Crippen LogP contribution >= 0.6 is 23.1 Å². The molecule has 0 unspecified atom stereocenters. The summed E-state index contributed by atoms with van der Waals surface area (Å²) in [5, 5.41) is 9.69. The summed E-state index contributed by atoms with van der Waals surface area (Å²) in [4.78, 5) is 27.7. The predicted molar refractivity (Wildman–Crippen MR) is 140 cm³/mol. The van der Waals surface area contributed by atoms with Gasteiger partial charge < -0.3 is 10.2 Å². The summed E-state index contributed by atoms with van der Waals surface area (Å²) in [6, 6.07) is 21.6. The third-order valence-corrected chi connectivity index (χ3v) is 6.95. The summed E-state index contributed by atoms with van der Waals surface area (Å²) in [6.07, 6.45) is 1.98. The molecule has 0 radical (unpaired) electrons. The van der Waals surface area contributed by atoms with E-state index in [2.05, 4.69) is 5.32 Å². The van der Waals surface area contributed by atoms with E-state index in [1.807, 2.05) is 89.9 Å². The Hall–Kier alpha value is -3.36. The normalized spacial score (nSPS) is 10.8. The number of carbonyl (C=O) groups excluding carboxylic acids is 2. The first-order valence-corrected chi connectivity index (χ1v) is 12.9. The van der Waals surface area contributed by atoms with E-state index in [0.717, 1.165) is 33.1 Å². The molecule has 2 aromatic heterocycles. The van der Waals surface area contributed by atoms with Crippen LogP contribution in [0.25, 0.3) is 16.3 Å². The second-order valence-corrected chi connectivity index (χ2v) is 9.85. The van der Waals surface area contributed by atoms with Crippen LogP contribution < -0.4 is 5.32 Å². The van der Waals surface area contributed by atoms with Crippen molar-refractivity contribution >= 4 is 40.6 Å². The van der Waals surface area contributed by atoms with Crippen molar-refractivity contribution in [2.24, 2.45) is 0 Å². The van der Waals surface area contributed by atoms with Gasteiger partial charge in [0, 0.05) is 31.0 Å². The van der Waals surface area contributed by atoms with E-state index in [4.69, 9.17) is 5.10 Å². The Morgan fingerprint density at radius 3 is 2.62 bits per heavy atom. The van der Waals surface area contributed by atoms with Crippen molar-refractivity contribution in [1.29, 1.82) is 0 Å². The van der Waals surface area contributed by atoms with E-state index >= 15 is 0 Å². The van der Waals surface area contributed by atoms with Crippen LogP contribution in [0.5, 0.6) is 0 Å². The summed E-state index contributed by atoms with van der Waals surface area (Å²) in [5.74, 6) is 0.312. The van der Waals surface area contributed by atoms with Crippen LogP contribution in [0.4, 0.5) is 5.69 Å². The predicted octanol–water partition coefficient (Wildman–Crippen LogP) is 5.24. The SMILES string of the molecule is Cc1cccc(NC(=O)CSCC(=O)N(C)Cc2cn(-c3ccccc3)nc2-c2cccs2)c1. The zero-order chi connectivity index (χ0) is 23.9. The zero-order valence-corrected chi connectivity index (χ0v) is 20.7. The highest BCUT2D eigenvalue weighted by atomic mass is 32.2. The van der Waals surface area contributed by atoms with Gasteiger partial charge in [0.05, 0.1) is 22.1 Å². The van der Waals surface area contributed by atoms with E-state index in [9.17, 15) is 9.59 Å². The van der Waals surface area contributed by atoms with Crippen LogP contribution in [0, 0.1) is 6.92 Å². The number of rotatable bonds is 9. The Balaban J connectivity index is 1.36. The fraction of sp³-hybridized carbons (Fsp3) is 0.192. The van der Waals surface area contributed by atoms with Gasteiger partial charge in [0.1, 0.15) is 5.69 Å². The maximum absolute atomic E-state index is 12.8. The maximum Gasteiger partial charge on any atom is 0.234 e. The Labute approximate surface area is 207 Å². The number of hydrogen-bond donors (Lipinski definition) is 1. The molecule has 4 aromatic rings. The molecule has 0 saturated carbocycles. The smallest absolute Gasteiger partial charge is 0.234 e. The van der Waals surface area contributed by atoms with E-state index in [-0.39, 0.29) is 23.3 Å². The van der Waals surface area contributed by atoms with Gasteiger partial charge in [-0.25, -0.2) is 4.68 Å². The van der Waals surface area contributed by atoms with Gasteiger partial charge in [-0.3, -0.25) is 9.59 Å². The second kappa shape index (κ2) is 11.2. The number of carbonyl (C=O) groups is 2. The quantitative estimate of drug-likeness (QED) is 0.348. The minimum absolute atomic E-state index is 0.0297. The van der Waals surface area contributed by atoms with E-state index in [1.54, 1.807) is 23.3 Å². The van der Waals surface area contributed by atoms with Gasteiger partial charge in [0.25, 0.3) is 0 Å². The van der Waals surface area contributed by atoms with Gasteiger partial charge in [-0.15, -0.1) is 23.1 Å². The lowest BCUT2D eigenvalue weighted by molar-refractivity contribution is -0.127. The molecule has 0 aliphatic carbocycles. The summed E-state index contributed by atoms with van der Waals surface area (Å²) in [7, 11) is 1.79. The molecule has 34 heavy (non-hydrogen) atoms. The molecule has 2 amide bonds. The fourth-order valence-corrected chi connectivity index (χ4v) is 4.96. The third-order valence-electron chi connectivity index (χ3n) is 5.16. The number of amides is 2. The van der Waals surface area contributed by atoms with E-state index in [0.29, 0.717) is 6.54 Å². The van der Waals surface area contributed by atoms with Crippen molar-refractivity contribution in [3.05, 3.63) is 89.4 Å². The number of hydrogen-bond acceptors (Lipinski definition) is 5. The Kier molecular flexibility index (Phi) is 7.82. The lowest BCUT2D eigenvalue weighted by atomic mass is 10.2. The van der Waals surface area contributed by atoms with Crippen molar-refractivity contribution in [2.75, 3.05) is 23.9 Å². The molecule has 0 aliphatic rings. The zero-order valence-electron chi connectivity index (χ0n) is 19.1. The molecular formula is C26H26N4O2S2. The molecule has 4 rings (SSSR count). The summed E-state index contributed by atoms with van der Waals surface area (Å²) in [6.45, 7) is 2.42. The van der Waals surface area contributed by atoms with Crippen LogP contribution in [-0.4, -0.2) is 45.0 Å². The molecule has 0 aliphatic heterocycles. The highest BCUT2D eigenvalue weighted by molar-refractivity contribution is 8.00. The van der Waals surface area contributed by atoms with Crippen molar-refractivity contribution < 1.29 is 9.59 Å². The van der Waals surface area contributed by atoms with Crippen LogP contribution in [0.2, 0.25) is 0 Å². The number of nitrogens with zero attached hydrogens (tertiary/aromatic N) is 3. The number of anilines is 1. The number of aromatic nitrogens is 2. The molecular weight excluding hydrogens is 464 g/mol. The molecule has 8 heteroatoms. The lowest BCUT2D eigenvalue weighted by Crippen LogP contribution is -2.28. The lowest BCUT2D eigenvalue weighted by Gasteiger charge is -2.16. The largest absolute Gasteiger partial charge is 0.341 e. The monoisotopic (exact) mass is 490 g/mol. The minimum atomic E-state index is -0.116. The van der Waals surface area contributed by atoms with Crippen molar-refractivity contribution in [2.45, 2.75) is 13.5 Å². The number of thioether (sulfide) groups is 1. The summed E-state index contributed by atoms with van der Waals surface area (Å²) in [5.41, 5.74) is 4.68. The summed E-state index contributed by atoms with van der Waals surface area (Å²) >= 11 is 2.94. The number of benzene rings is 2. The van der Waals surface area contributed by atoms with Crippen LogP contribution in [-0.2, 0) is 16.1 Å². The minimum Gasteiger partial charge on any atom is -0.341 e. The van der Waals surface area contributed by atoms with Crippen molar-refractivity contribution in [1.82, 2.24) is 14.7 Å². The van der Waals surface area contributed by atoms with Gasteiger partial charge >= 0.3 is 0 Å². The number of nitrogens with one attached hydrogen (secondary N) is 1. The molecule has 2 heterocycles. The average Bonchev–Trinajstić information content (AvgIpc) is 3.49. The highest BCUT2D eigenvalue weighted by Crippen LogP contribution is 2.28. The standard InChI is InChI=1S/C26H26N4O2S2/c1-19-8-6-9-21(14-19)27-24(31)17-33-18-25(32)29(2)15-20-16-30(22-10-4-3-5-11-22)28-26(20)23-12-7-13-34-23/h3-14,16H,15,17-18H2,1-2H3,(H,27,31). The van der Waals surface area contributed by atoms with E-state index in [1.165, 1.54) is 11.8 Å². The molecule has 174 valence electrons. The fourth-order valence-electron chi connectivity index (χ4n) is 3.46. The van der Waals surface area contributed by atoms with Gasteiger partial charge in [-0.05, 0) is 48.2 Å². The number of aryl methyl sites for hydroxylation is 1. The van der Waals surface area contributed by atoms with Crippen LogP contribution in [0.15, 0.2) is 78.3 Å². The molecule has 0 atom stereocenters. The van der Waals surface area contributed by atoms with Gasteiger partial charge in [0.15, 0.2) is 0 Å². The Bertz CT molecular complexity index is 1250. The average molecular weight is 491 g/mol. The first kappa shape index (κ1) is 23.8. The number of thiophene rings is 1. The van der Waals surface area contributed by atoms with E-state index < -0.39 is 0 Å². The summed E-state index contributed by atoms with van der Waals surface area (Å²) < 4.78 is 1.85. The van der Waals surface area contributed by atoms with Gasteiger partial charge in [-0.1, -0.05) is 36.4 Å². The molecule has 0 saturated heterocycles. The van der Waals surface area contributed by atoms with Crippen LogP contribution in [0.1, 0.15) is 11.1 Å². The number of para-hydroxylation sites is 1. The second-order valence-electron chi connectivity index (χ2n) is 7.92.